The van der Waals surface area contributed by atoms with Crippen LogP contribution >= 0.6 is 0 Å². The molecule has 1 aromatic heterocycles. The summed E-state index contributed by atoms with van der Waals surface area (Å²) in [6.07, 6.45) is 2.70. The van der Waals surface area contributed by atoms with Gasteiger partial charge in [0.15, 0.2) is 34.7 Å². The van der Waals surface area contributed by atoms with E-state index in [0.717, 1.165) is 11.1 Å². The SMILES string of the molecule is COc1ccnc(C(=O)N[C@H]2COC(=O)[C@@H](Cc3ccccc3)[CH][C@H](C)OC2=O)c1OCc1ccc2c(c1)OCO2. The molecule has 2 aromatic carbocycles. The van der Waals surface area contributed by atoms with Gasteiger partial charge in [0.25, 0.3) is 5.91 Å². The lowest BCUT2D eigenvalue weighted by Gasteiger charge is -2.19. The number of carbonyl (C=O) groups excluding carboxylic acids is 3. The van der Waals surface area contributed by atoms with Gasteiger partial charge in [0.1, 0.15) is 19.3 Å². The number of esters is 2. The van der Waals surface area contributed by atoms with Gasteiger partial charge in [0.05, 0.1) is 13.0 Å². The molecule has 1 fully saturated rings. The van der Waals surface area contributed by atoms with Crippen LogP contribution in [0.5, 0.6) is 23.0 Å². The van der Waals surface area contributed by atoms with Crippen molar-refractivity contribution in [3.05, 3.63) is 84.0 Å². The number of ether oxygens (including phenoxy) is 6. The van der Waals surface area contributed by atoms with E-state index in [1.54, 1.807) is 37.6 Å². The average Bonchev–Trinajstić information content (AvgIpc) is 3.46. The summed E-state index contributed by atoms with van der Waals surface area (Å²) in [5, 5.41) is 2.57. The van der Waals surface area contributed by atoms with Crippen molar-refractivity contribution in [3.8, 4) is 23.0 Å². The largest absolute Gasteiger partial charge is 0.493 e. The highest BCUT2D eigenvalue weighted by Gasteiger charge is 2.34. The first kappa shape index (κ1) is 27.8. The zero-order chi connectivity index (χ0) is 28.8. The van der Waals surface area contributed by atoms with Crippen molar-refractivity contribution in [1.82, 2.24) is 10.3 Å². The Morgan fingerprint density at radius 2 is 1.80 bits per heavy atom. The van der Waals surface area contributed by atoms with E-state index in [9.17, 15) is 14.4 Å². The molecule has 1 amide bonds. The molecule has 2 aliphatic rings. The lowest BCUT2D eigenvalue weighted by Crippen LogP contribution is -2.46. The summed E-state index contributed by atoms with van der Waals surface area (Å²) in [4.78, 5) is 43.4. The number of carbonyl (C=O) groups is 3. The molecule has 1 saturated heterocycles. The zero-order valence-corrected chi connectivity index (χ0v) is 22.5. The van der Waals surface area contributed by atoms with Crippen molar-refractivity contribution in [2.24, 2.45) is 5.92 Å². The van der Waals surface area contributed by atoms with Gasteiger partial charge in [-0.3, -0.25) is 9.59 Å². The van der Waals surface area contributed by atoms with Crippen LogP contribution in [0.2, 0.25) is 0 Å². The molecule has 11 heteroatoms. The molecule has 11 nitrogen and oxygen atoms in total. The summed E-state index contributed by atoms with van der Waals surface area (Å²) in [7, 11) is 1.43. The van der Waals surface area contributed by atoms with E-state index in [1.165, 1.54) is 13.3 Å². The Bertz CT molecular complexity index is 1410. The van der Waals surface area contributed by atoms with Crippen LogP contribution in [-0.4, -0.2) is 55.5 Å². The maximum atomic E-state index is 13.4. The van der Waals surface area contributed by atoms with Gasteiger partial charge in [-0.2, -0.15) is 0 Å². The normalized spacial score (nSPS) is 20.1. The van der Waals surface area contributed by atoms with E-state index in [0.29, 0.717) is 17.9 Å². The maximum absolute atomic E-state index is 13.4. The Hall–Kier alpha value is -4.80. The molecular formula is C30H29N2O9. The number of rotatable bonds is 8. The number of amides is 1. The van der Waals surface area contributed by atoms with E-state index in [2.05, 4.69) is 10.3 Å². The van der Waals surface area contributed by atoms with E-state index < -0.39 is 42.5 Å². The Morgan fingerprint density at radius 3 is 2.61 bits per heavy atom. The lowest BCUT2D eigenvalue weighted by molar-refractivity contribution is -0.152. The van der Waals surface area contributed by atoms with Gasteiger partial charge in [-0.15, -0.1) is 0 Å². The number of methoxy groups -OCH3 is 1. The summed E-state index contributed by atoms with van der Waals surface area (Å²) in [5.41, 5.74) is 1.57. The smallest absolute Gasteiger partial charge is 0.332 e. The number of nitrogens with zero attached hydrogens (tertiary/aromatic N) is 1. The molecule has 0 aliphatic carbocycles. The zero-order valence-electron chi connectivity index (χ0n) is 22.5. The van der Waals surface area contributed by atoms with Crippen LogP contribution in [0.1, 0.15) is 28.5 Å². The molecular weight excluding hydrogens is 532 g/mol. The monoisotopic (exact) mass is 561 g/mol. The Labute approximate surface area is 236 Å². The summed E-state index contributed by atoms with van der Waals surface area (Å²) >= 11 is 0. The van der Waals surface area contributed by atoms with Gasteiger partial charge in [-0.05, 0) is 36.6 Å². The number of cyclic esters (lactones) is 2. The second-order valence-corrected chi connectivity index (χ2v) is 9.45. The fourth-order valence-electron chi connectivity index (χ4n) is 4.48. The summed E-state index contributed by atoms with van der Waals surface area (Å²) in [5.74, 6) is -1.08. The van der Waals surface area contributed by atoms with Crippen LogP contribution in [0.25, 0.3) is 0 Å². The third-order valence-electron chi connectivity index (χ3n) is 6.51. The van der Waals surface area contributed by atoms with E-state index in [-0.39, 0.29) is 30.6 Å². The van der Waals surface area contributed by atoms with Gasteiger partial charge < -0.3 is 33.7 Å². The van der Waals surface area contributed by atoms with Crippen LogP contribution in [0, 0.1) is 12.3 Å². The molecule has 213 valence electrons. The molecule has 2 aliphatic heterocycles. The van der Waals surface area contributed by atoms with Gasteiger partial charge in [-0.25, -0.2) is 9.78 Å². The highest BCUT2D eigenvalue weighted by molar-refractivity contribution is 5.98. The Kier molecular flexibility index (Phi) is 8.52. The van der Waals surface area contributed by atoms with Gasteiger partial charge in [0.2, 0.25) is 6.79 Å². The molecule has 0 spiro atoms. The number of pyridine rings is 1. The molecule has 0 unspecified atom stereocenters. The molecule has 0 saturated carbocycles. The first-order valence-electron chi connectivity index (χ1n) is 13.0. The standard InChI is InChI=1S/C30H29N2O9/c1-18-12-21(13-19-6-4-3-5-7-19)29(34)38-16-22(30(35)41-18)32-28(33)26-27(24(36-2)10-11-31-26)37-15-20-8-9-23-25(14-20)40-17-39-23/h3-12,14,18,21-22H,13,15-17H2,1-2H3,(H,32,33)/t18-,21+,22-/m0/s1. The summed E-state index contributed by atoms with van der Waals surface area (Å²) < 4.78 is 33.1. The molecule has 1 radical (unpaired) electrons. The number of hydrogen-bond acceptors (Lipinski definition) is 10. The van der Waals surface area contributed by atoms with Gasteiger partial charge in [-0.1, -0.05) is 36.4 Å². The lowest BCUT2D eigenvalue weighted by atomic mass is 9.94. The fourth-order valence-corrected chi connectivity index (χ4v) is 4.48. The molecule has 1 N–H and O–H groups in total. The molecule has 5 rings (SSSR count). The molecule has 3 heterocycles. The van der Waals surface area contributed by atoms with Crippen LogP contribution < -0.4 is 24.3 Å². The van der Waals surface area contributed by atoms with Crippen molar-refractivity contribution in [1.29, 1.82) is 0 Å². The number of nitrogens with one attached hydrogen (secondary N) is 1. The van der Waals surface area contributed by atoms with Crippen molar-refractivity contribution in [2.75, 3.05) is 20.5 Å². The average molecular weight is 562 g/mol. The van der Waals surface area contributed by atoms with Crippen molar-refractivity contribution >= 4 is 17.8 Å². The Morgan fingerprint density at radius 1 is 1.00 bits per heavy atom. The van der Waals surface area contributed by atoms with E-state index >= 15 is 0 Å². The second-order valence-electron chi connectivity index (χ2n) is 9.45. The van der Waals surface area contributed by atoms with Crippen molar-refractivity contribution < 1.29 is 42.8 Å². The molecule has 41 heavy (non-hydrogen) atoms. The van der Waals surface area contributed by atoms with Crippen LogP contribution in [0.3, 0.4) is 0 Å². The minimum atomic E-state index is -1.27. The molecule has 3 atom stereocenters. The number of aromatic nitrogens is 1. The van der Waals surface area contributed by atoms with Crippen LogP contribution in [0.4, 0.5) is 0 Å². The summed E-state index contributed by atoms with van der Waals surface area (Å²) in [6, 6.07) is 15.1. The number of fused-ring (bicyclic) bond motifs is 1. The molecule has 3 aromatic rings. The second kappa shape index (κ2) is 12.6. The quantitative estimate of drug-likeness (QED) is 0.410. The first-order chi connectivity index (χ1) is 19.9. The topological polar surface area (TPSA) is 132 Å². The summed E-state index contributed by atoms with van der Waals surface area (Å²) in [6.45, 7) is 1.45. The fraction of sp³-hybridized carbons (Fsp3) is 0.300. The highest BCUT2D eigenvalue weighted by atomic mass is 16.7. The maximum Gasteiger partial charge on any atom is 0.332 e. The minimum absolute atomic E-state index is 0.0677. The van der Waals surface area contributed by atoms with Crippen LogP contribution in [-0.2, 0) is 32.1 Å². The predicted molar refractivity (Wildman–Crippen MR) is 143 cm³/mol. The predicted octanol–water partition coefficient (Wildman–Crippen LogP) is 3.05. The van der Waals surface area contributed by atoms with Crippen LogP contribution in [0.15, 0.2) is 60.8 Å². The van der Waals surface area contributed by atoms with Gasteiger partial charge >= 0.3 is 11.9 Å². The number of benzene rings is 2. The molecule has 0 bridgehead atoms. The Balaban J connectivity index is 1.29. The van der Waals surface area contributed by atoms with Crippen molar-refractivity contribution in [3.63, 3.8) is 0 Å². The van der Waals surface area contributed by atoms with Gasteiger partial charge in [0, 0.05) is 18.7 Å². The van der Waals surface area contributed by atoms with E-state index in [4.69, 9.17) is 28.4 Å². The third-order valence-corrected chi connectivity index (χ3v) is 6.51. The third kappa shape index (κ3) is 6.68. The minimum Gasteiger partial charge on any atom is -0.493 e. The first-order valence-corrected chi connectivity index (χ1v) is 13.0. The number of hydrogen-bond donors (Lipinski definition) is 1. The van der Waals surface area contributed by atoms with Crippen molar-refractivity contribution in [2.45, 2.75) is 32.1 Å². The van der Waals surface area contributed by atoms with E-state index in [1.807, 2.05) is 30.3 Å². The highest BCUT2D eigenvalue weighted by Crippen LogP contribution is 2.34.